The van der Waals surface area contributed by atoms with Crippen LogP contribution in [0.5, 0.6) is 0 Å². The molecule has 0 saturated heterocycles. The molecule has 0 bridgehead atoms. The summed E-state index contributed by atoms with van der Waals surface area (Å²) in [6.07, 6.45) is -3.48. The Balaban J connectivity index is 2.72. The fourth-order valence-electron chi connectivity index (χ4n) is 1.73. The van der Waals surface area contributed by atoms with Crippen molar-refractivity contribution in [2.75, 3.05) is 6.54 Å². The van der Waals surface area contributed by atoms with Gasteiger partial charge in [-0.15, -0.1) is 0 Å². The van der Waals surface area contributed by atoms with Gasteiger partial charge in [0.1, 0.15) is 6.67 Å². The second-order valence-corrected chi connectivity index (χ2v) is 5.03. The highest BCUT2D eigenvalue weighted by Gasteiger charge is 2.31. The van der Waals surface area contributed by atoms with Crippen molar-refractivity contribution in [3.05, 3.63) is 34.9 Å². The molecule has 0 atom stereocenters. The lowest BCUT2D eigenvalue weighted by molar-refractivity contribution is -0.137. The summed E-state index contributed by atoms with van der Waals surface area (Å²) in [5.74, 6) is 0.537. The van der Waals surface area contributed by atoms with Gasteiger partial charge in [0.2, 0.25) is 0 Å². The van der Waals surface area contributed by atoms with Gasteiger partial charge in [-0.05, 0) is 42.1 Å². The minimum atomic E-state index is -4.43. The van der Waals surface area contributed by atoms with Crippen molar-refractivity contribution in [1.29, 1.82) is 0 Å². The fourth-order valence-corrected chi connectivity index (χ4v) is 1.73. The number of halogens is 4. The molecule has 19 heavy (non-hydrogen) atoms. The van der Waals surface area contributed by atoms with Gasteiger partial charge in [0.05, 0.1) is 5.56 Å². The molecular weight excluding hydrogens is 258 g/mol. The maximum atomic E-state index is 12.6. The summed E-state index contributed by atoms with van der Waals surface area (Å²) in [4.78, 5) is 0. The van der Waals surface area contributed by atoms with Crippen LogP contribution in [0.3, 0.4) is 0 Å². The van der Waals surface area contributed by atoms with Gasteiger partial charge in [-0.3, -0.25) is 0 Å². The Labute approximate surface area is 111 Å². The van der Waals surface area contributed by atoms with Gasteiger partial charge in [0.25, 0.3) is 0 Å². The average molecular weight is 277 g/mol. The summed E-state index contributed by atoms with van der Waals surface area (Å²) in [7, 11) is 0. The van der Waals surface area contributed by atoms with Crippen LogP contribution in [-0.4, -0.2) is 6.54 Å². The molecule has 0 radical (unpaired) electrons. The molecule has 0 saturated carbocycles. The Kier molecular flexibility index (Phi) is 5.79. The van der Waals surface area contributed by atoms with Crippen molar-refractivity contribution in [3.63, 3.8) is 0 Å². The Bertz CT molecular complexity index is 399. The van der Waals surface area contributed by atoms with Gasteiger partial charge in [-0.25, -0.2) is 4.39 Å². The Morgan fingerprint density at radius 2 is 1.74 bits per heavy atom. The van der Waals surface area contributed by atoms with Crippen LogP contribution in [0.25, 0.3) is 0 Å². The maximum Gasteiger partial charge on any atom is 0.416 e. The van der Waals surface area contributed by atoms with Crippen molar-refractivity contribution in [3.8, 4) is 0 Å². The highest BCUT2D eigenvalue weighted by Crippen LogP contribution is 2.30. The third-order valence-corrected chi connectivity index (χ3v) is 2.76. The van der Waals surface area contributed by atoms with Crippen molar-refractivity contribution < 1.29 is 17.6 Å². The Hall–Kier alpha value is -1.10. The van der Waals surface area contributed by atoms with Crippen LogP contribution in [0.1, 0.15) is 37.0 Å². The first-order chi connectivity index (χ1) is 8.82. The predicted octanol–water partition coefficient (Wildman–Crippen LogP) is 4.31. The van der Waals surface area contributed by atoms with Crippen LogP contribution < -0.4 is 5.32 Å². The van der Waals surface area contributed by atoms with Gasteiger partial charge >= 0.3 is 6.18 Å². The minimum Gasteiger partial charge on any atom is -0.313 e. The largest absolute Gasteiger partial charge is 0.416 e. The van der Waals surface area contributed by atoms with Crippen LogP contribution >= 0.6 is 0 Å². The summed E-state index contributed by atoms with van der Waals surface area (Å²) in [5.41, 5.74) is -0.259. The molecule has 0 aliphatic rings. The standard InChI is InChI=1S/C14H19F4N/c1-10(2)3-4-19-9-12-5-11(8-15)6-13(7-12)14(16,17)18/h5-7,10,19H,3-4,8-9H2,1-2H3. The zero-order chi connectivity index (χ0) is 14.5. The van der Waals surface area contributed by atoms with E-state index >= 15 is 0 Å². The lowest BCUT2D eigenvalue weighted by Gasteiger charge is -2.12. The number of hydrogen-bond acceptors (Lipinski definition) is 1. The van der Waals surface area contributed by atoms with Gasteiger partial charge in [-0.1, -0.05) is 19.9 Å². The van der Waals surface area contributed by atoms with Gasteiger partial charge in [0, 0.05) is 6.54 Å². The van der Waals surface area contributed by atoms with E-state index in [1.807, 2.05) is 0 Å². The molecule has 0 aromatic heterocycles. The first kappa shape index (κ1) is 16.0. The maximum absolute atomic E-state index is 12.6. The third-order valence-electron chi connectivity index (χ3n) is 2.76. The highest BCUT2D eigenvalue weighted by molar-refractivity contribution is 5.31. The van der Waals surface area contributed by atoms with Crippen LogP contribution in [0.2, 0.25) is 0 Å². The van der Waals surface area contributed by atoms with Crippen molar-refractivity contribution >= 4 is 0 Å². The second kappa shape index (κ2) is 6.89. The van der Waals surface area contributed by atoms with Crippen molar-refractivity contribution in [1.82, 2.24) is 5.32 Å². The zero-order valence-corrected chi connectivity index (χ0v) is 11.1. The van der Waals surface area contributed by atoms with Crippen molar-refractivity contribution in [2.24, 2.45) is 5.92 Å². The van der Waals surface area contributed by atoms with E-state index in [0.29, 0.717) is 18.0 Å². The van der Waals surface area contributed by atoms with Crippen LogP contribution in [0.4, 0.5) is 17.6 Å². The van der Waals surface area contributed by atoms with E-state index in [4.69, 9.17) is 0 Å². The predicted molar refractivity (Wildman–Crippen MR) is 67.4 cm³/mol. The molecule has 0 unspecified atom stereocenters. The smallest absolute Gasteiger partial charge is 0.313 e. The average Bonchev–Trinajstić information content (AvgIpc) is 2.33. The van der Waals surface area contributed by atoms with E-state index in [9.17, 15) is 17.6 Å². The molecule has 0 aliphatic carbocycles. The quantitative estimate of drug-likeness (QED) is 0.603. The normalized spacial score (nSPS) is 12.2. The fraction of sp³-hybridized carbons (Fsp3) is 0.571. The molecular formula is C14H19F4N. The summed E-state index contributed by atoms with van der Waals surface area (Å²) < 4.78 is 50.5. The lowest BCUT2D eigenvalue weighted by Crippen LogP contribution is -2.17. The van der Waals surface area contributed by atoms with Crippen LogP contribution in [0, 0.1) is 5.92 Å². The minimum absolute atomic E-state index is 0.0653. The molecule has 1 nitrogen and oxygen atoms in total. The first-order valence-electron chi connectivity index (χ1n) is 6.29. The monoisotopic (exact) mass is 277 g/mol. The topological polar surface area (TPSA) is 12.0 Å². The molecule has 0 amide bonds. The molecule has 0 aliphatic heterocycles. The molecule has 1 aromatic carbocycles. The first-order valence-corrected chi connectivity index (χ1v) is 6.29. The van der Waals surface area contributed by atoms with Gasteiger partial charge in [0.15, 0.2) is 0 Å². The lowest BCUT2D eigenvalue weighted by atomic mass is 10.1. The number of benzene rings is 1. The summed E-state index contributed by atoms with van der Waals surface area (Å²) >= 11 is 0. The number of hydrogen-bond donors (Lipinski definition) is 1. The zero-order valence-electron chi connectivity index (χ0n) is 11.1. The van der Waals surface area contributed by atoms with E-state index in [0.717, 1.165) is 25.1 Å². The van der Waals surface area contributed by atoms with Gasteiger partial charge < -0.3 is 5.32 Å². The molecule has 5 heteroatoms. The molecule has 0 fully saturated rings. The van der Waals surface area contributed by atoms with E-state index < -0.39 is 18.4 Å². The number of rotatable bonds is 6. The Morgan fingerprint density at radius 1 is 1.11 bits per heavy atom. The SMILES string of the molecule is CC(C)CCNCc1cc(CF)cc(C(F)(F)F)c1. The number of alkyl halides is 4. The molecule has 1 aromatic rings. The highest BCUT2D eigenvalue weighted by atomic mass is 19.4. The van der Waals surface area contributed by atoms with Crippen molar-refractivity contribution in [2.45, 2.75) is 39.7 Å². The summed E-state index contributed by atoms with van der Waals surface area (Å²) in [5, 5.41) is 3.07. The van der Waals surface area contributed by atoms with E-state index in [1.165, 1.54) is 6.07 Å². The molecule has 108 valence electrons. The summed E-state index contributed by atoms with van der Waals surface area (Å²) in [6.45, 7) is 4.33. The molecule has 1 N–H and O–H groups in total. The van der Waals surface area contributed by atoms with E-state index in [-0.39, 0.29) is 5.56 Å². The molecule has 1 rings (SSSR count). The second-order valence-electron chi connectivity index (χ2n) is 5.03. The van der Waals surface area contributed by atoms with E-state index in [1.54, 1.807) is 0 Å². The van der Waals surface area contributed by atoms with Crippen LogP contribution in [0.15, 0.2) is 18.2 Å². The Morgan fingerprint density at radius 3 is 2.26 bits per heavy atom. The molecule has 0 spiro atoms. The van der Waals surface area contributed by atoms with Crippen LogP contribution in [-0.2, 0) is 19.4 Å². The van der Waals surface area contributed by atoms with E-state index in [2.05, 4.69) is 19.2 Å². The van der Waals surface area contributed by atoms with Gasteiger partial charge in [-0.2, -0.15) is 13.2 Å². The third kappa shape index (κ3) is 5.59. The number of nitrogens with one attached hydrogen (secondary N) is 1. The summed E-state index contributed by atoms with van der Waals surface area (Å²) in [6, 6.07) is 3.40. The molecule has 0 heterocycles.